The van der Waals surface area contributed by atoms with E-state index in [-0.39, 0.29) is 11.3 Å². The summed E-state index contributed by atoms with van der Waals surface area (Å²) in [5, 5.41) is 0. The summed E-state index contributed by atoms with van der Waals surface area (Å²) >= 11 is 0. The zero-order chi connectivity index (χ0) is 8.36. The molecule has 1 amide bonds. The van der Waals surface area contributed by atoms with E-state index >= 15 is 0 Å². The van der Waals surface area contributed by atoms with Gasteiger partial charge in [-0.1, -0.05) is 20.8 Å². The van der Waals surface area contributed by atoms with Gasteiger partial charge in [-0.3, -0.25) is 4.79 Å². The van der Waals surface area contributed by atoms with Crippen LogP contribution in [0.3, 0.4) is 0 Å². The second-order valence-electron chi connectivity index (χ2n) is 4.03. The number of amides is 1. The second-order valence-corrected chi connectivity index (χ2v) is 4.03. The lowest BCUT2D eigenvalue weighted by Gasteiger charge is -2.19. The van der Waals surface area contributed by atoms with Crippen LogP contribution in [0, 0.1) is 5.41 Å². The quantitative estimate of drug-likeness (QED) is 0.545. The molecule has 0 heterocycles. The van der Waals surface area contributed by atoms with Gasteiger partial charge in [0.2, 0.25) is 5.91 Å². The normalized spacial score (nSPS) is 11.3. The van der Waals surface area contributed by atoms with Crippen LogP contribution in [0.1, 0.15) is 27.2 Å². The van der Waals surface area contributed by atoms with Gasteiger partial charge in [-0.2, -0.15) is 0 Å². The molecule has 60 valence electrons. The topological polar surface area (TPSA) is 20.3 Å². The van der Waals surface area contributed by atoms with E-state index in [1.165, 1.54) is 0 Å². The highest BCUT2D eigenvalue weighted by Crippen LogP contribution is 2.18. The van der Waals surface area contributed by atoms with Crippen molar-refractivity contribution in [2.75, 3.05) is 14.1 Å². The molecule has 0 aliphatic carbocycles. The monoisotopic (exact) mass is 143 g/mol. The molecule has 0 atom stereocenters. The number of rotatable bonds is 1. The average Bonchev–Trinajstić information content (AvgIpc) is 1.60. The first-order chi connectivity index (χ1) is 4.33. The predicted octanol–water partition coefficient (Wildman–Crippen LogP) is 1.51. The van der Waals surface area contributed by atoms with Gasteiger partial charge in [0.15, 0.2) is 0 Å². The molecule has 0 aliphatic rings. The molecule has 10 heavy (non-hydrogen) atoms. The Balaban J connectivity index is 3.81. The van der Waals surface area contributed by atoms with Crippen LogP contribution in [-0.2, 0) is 4.79 Å². The molecule has 0 saturated carbocycles. The number of carbonyl (C=O) groups is 1. The van der Waals surface area contributed by atoms with Crippen molar-refractivity contribution in [3.05, 3.63) is 0 Å². The van der Waals surface area contributed by atoms with Crippen LogP contribution in [-0.4, -0.2) is 24.9 Å². The first-order valence-electron chi connectivity index (χ1n) is 3.53. The Labute approximate surface area is 63.2 Å². The molecule has 0 radical (unpaired) electrons. The highest BCUT2D eigenvalue weighted by Gasteiger charge is 2.16. The van der Waals surface area contributed by atoms with Crippen molar-refractivity contribution in [1.29, 1.82) is 0 Å². The van der Waals surface area contributed by atoms with E-state index in [4.69, 9.17) is 0 Å². The van der Waals surface area contributed by atoms with Crippen molar-refractivity contribution in [2.45, 2.75) is 27.2 Å². The molecule has 0 fully saturated rings. The van der Waals surface area contributed by atoms with Gasteiger partial charge < -0.3 is 4.90 Å². The molecule has 0 spiro atoms. The molecule has 2 heteroatoms. The van der Waals surface area contributed by atoms with E-state index < -0.39 is 0 Å². The molecule has 0 unspecified atom stereocenters. The largest absolute Gasteiger partial charge is 0.349 e. The van der Waals surface area contributed by atoms with Crippen LogP contribution in [0.5, 0.6) is 0 Å². The lowest BCUT2D eigenvalue weighted by molar-refractivity contribution is -0.130. The lowest BCUT2D eigenvalue weighted by Crippen LogP contribution is -2.26. The van der Waals surface area contributed by atoms with Gasteiger partial charge in [-0.15, -0.1) is 0 Å². The third kappa shape index (κ3) is 4.36. The van der Waals surface area contributed by atoms with E-state index in [1.807, 2.05) is 0 Å². The minimum atomic E-state index is 0.112. The summed E-state index contributed by atoms with van der Waals surface area (Å²) in [6.45, 7) is 6.19. The standard InChI is InChI=1S/C8H17NO/c1-8(2,3)6-7(10)9(4)5/h6H2,1-5H3. The van der Waals surface area contributed by atoms with Crippen molar-refractivity contribution in [2.24, 2.45) is 5.41 Å². The minimum Gasteiger partial charge on any atom is -0.349 e. The summed E-state index contributed by atoms with van der Waals surface area (Å²) in [5.41, 5.74) is 0.112. The van der Waals surface area contributed by atoms with E-state index in [0.717, 1.165) is 0 Å². The minimum absolute atomic E-state index is 0.112. The van der Waals surface area contributed by atoms with Gasteiger partial charge in [0, 0.05) is 20.5 Å². The third-order valence-corrected chi connectivity index (χ3v) is 1.18. The Bertz CT molecular complexity index is 122. The summed E-state index contributed by atoms with van der Waals surface area (Å²) in [6.07, 6.45) is 0.625. The van der Waals surface area contributed by atoms with Crippen molar-refractivity contribution < 1.29 is 4.79 Å². The van der Waals surface area contributed by atoms with Crippen LogP contribution in [0.25, 0.3) is 0 Å². The summed E-state index contributed by atoms with van der Waals surface area (Å²) in [5.74, 6) is 0.201. The summed E-state index contributed by atoms with van der Waals surface area (Å²) in [6, 6.07) is 0. The van der Waals surface area contributed by atoms with Crippen molar-refractivity contribution >= 4 is 5.91 Å². The van der Waals surface area contributed by atoms with Crippen molar-refractivity contribution in [3.8, 4) is 0 Å². The van der Waals surface area contributed by atoms with Gasteiger partial charge >= 0.3 is 0 Å². The number of hydrogen-bond acceptors (Lipinski definition) is 1. The molecule has 2 nitrogen and oxygen atoms in total. The fourth-order valence-electron chi connectivity index (χ4n) is 0.612. The van der Waals surface area contributed by atoms with Gasteiger partial charge in [0.1, 0.15) is 0 Å². The SMILES string of the molecule is CN(C)C(=O)CC(C)(C)C. The summed E-state index contributed by atoms with van der Waals surface area (Å²) in [7, 11) is 3.57. The van der Waals surface area contributed by atoms with Gasteiger partial charge in [-0.05, 0) is 5.41 Å². The maximum atomic E-state index is 11.1. The van der Waals surface area contributed by atoms with Crippen LogP contribution in [0.2, 0.25) is 0 Å². The summed E-state index contributed by atoms with van der Waals surface area (Å²) in [4.78, 5) is 12.7. The molecule has 0 saturated heterocycles. The van der Waals surface area contributed by atoms with Gasteiger partial charge in [0.25, 0.3) is 0 Å². The van der Waals surface area contributed by atoms with E-state index in [1.54, 1.807) is 19.0 Å². The van der Waals surface area contributed by atoms with Crippen LogP contribution in [0.4, 0.5) is 0 Å². The molecule has 0 rings (SSSR count). The zero-order valence-corrected chi connectivity index (χ0v) is 7.56. The first kappa shape index (κ1) is 9.47. The van der Waals surface area contributed by atoms with Gasteiger partial charge in [-0.25, -0.2) is 0 Å². The Morgan fingerprint density at radius 3 is 1.80 bits per heavy atom. The van der Waals surface area contributed by atoms with Crippen LogP contribution >= 0.6 is 0 Å². The predicted molar refractivity (Wildman–Crippen MR) is 42.8 cm³/mol. The maximum absolute atomic E-state index is 11.1. The Morgan fingerprint density at radius 2 is 1.70 bits per heavy atom. The van der Waals surface area contributed by atoms with Crippen molar-refractivity contribution in [1.82, 2.24) is 4.90 Å². The molecule has 0 bridgehead atoms. The van der Waals surface area contributed by atoms with Crippen LogP contribution < -0.4 is 0 Å². The number of hydrogen-bond donors (Lipinski definition) is 0. The highest BCUT2D eigenvalue weighted by molar-refractivity contribution is 5.76. The lowest BCUT2D eigenvalue weighted by atomic mass is 9.92. The molecule has 0 aliphatic heterocycles. The second kappa shape index (κ2) is 3.04. The van der Waals surface area contributed by atoms with Crippen LogP contribution in [0.15, 0.2) is 0 Å². The number of carbonyl (C=O) groups excluding carboxylic acids is 1. The molecular formula is C8H17NO. The van der Waals surface area contributed by atoms with Crippen molar-refractivity contribution in [3.63, 3.8) is 0 Å². The molecule has 0 aromatic rings. The smallest absolute Gasteiger partial charge is 0.222 e. The fourth-order valence-corrected chi connectivity index (χ4v) is 0.612. The van der Waals surface area contributed by atoms with E-state index in [0.29, 0.717) is 6.42 Å². The fraction of sp³-hybridized carbons (Fsp3) is 0.875. The Hall–Kier alpha value is -0.530. The molecular weight excluding hydrogens is 126 g/mol. The third-order valence-electron chi connectivity index (χ3n) is 1.18. The molecule has 0 aromatic heterocycles. The first-order valence-corrected chi connectivity index (χ1v) is 3.53. The number of nitrogens with zero attached hydrogens (tertiary/aromatic N) is 1. The Morgan fingerprint density at radius 1 is 1.30 bits per heavy atom. The highest BCUT2D eigenvalue weighted by atomic mass is 16.2. The van der Waals surface area contributed by atoms with Gasteiger partial charge in [0.05, 0.1) is 0 Å². The average molecular weight is 143 g/mol. The molecule has 0 aromatic carbocycles. The molecule has 0 N–H and O–H groups in total. The Kier molecular flexibility index (Phi) is 2.88. The zero-order valence-electron chi connectivity index (χ0n) is 7.56. The van der Waals surface area contributed by atoms with E-state index in [2.05, 4.69) is 20.8 Å². The maximum Gasteiger partial charge on any atom is 0.222 e. The summed E-state index contributed by atoms with van der Waals surface area (Å²) < 4.78 is 0. The van der Waals surface area contributed by atoms with E-state index in [9.17, 15) is 4.79 Å².